The van der Waals surface area contributed by atoms with E-state index >= 15 is 0 Å². The number of carbonyl (C=O) groups excluding carboxylic acids is 1. The molecule has 1 fully saturated rings. The smallest absolute Gasteiger partial charge is 0.259 e. The fraction of sp³-hybridized carbons (Fsp3) is 0.310. The van der Waals surface area contributed by atoms with Crippen LogP contribution >= 0.6 is 0 Å². The molecule has 2 atom stereocenters. The summed E-state index contributed by atoms with van der Waals surface area (Å²) in [4.78, 5) is 22.7. The number of furan rings is 1. The highest BCUT2D eigenvalue weighted by Crippen LogP contribution is 2.30. The maximum atomic E-state index is 13.2. The normalized spacial score (nSPS) is 18.7. The molecule has 1 amide bonds. The highest BCUT2D eigenvalue weighted by molar-refractivity contribution is 6.12. The first-order valence-corrected chi connectivity index (χ1v) is 12.1. The van der Waals surface area contributed by atoms with Crippen molar-refractivity contribution in [2.75, 3.05) is 30.4 Å². The second-order valence-electron chi connectivity index (χ2n) is 9.75. The SMILES string of the molecule is Cc1cccc(-c2ccc(NC(=O)c3coc4ccc(N5C[C@@H](C)N(C)[C@@H](C)C5)cc34)cc2C)n1. The summed E-state index contributed by atoms with van der Waals surface area (Å²) in [5, 5.41) is 3.88. The van der Waals surface area contributed by atoms with Gasteiger partial charge < -0.3 is 14.6 Å². The van der Waals surface area contributed by atoms with Crippen molar-refractivity contribution in [1.82, 2.24) is 9.88 Å². The van der Waals surface area contributed by atoms with Crippen LogP contribution in [0.2, 0.25) is 0 Å². The molecule has 4 aromatic rings. The number of piperazine rings is 1. The quantitative estimate of drug-likeness (QED) is 0.404. The first-order valence-electron chi connectivity index (χ1n) is 12.1. The largest absolute Gasteiger partial charge is 0.463 e. The van der Waals surface area contributed by atoms with Gasteiger partial charge in [-0.2, -0.15) is 0 Å². The van der Waals surface area contributed by atoms with Crippen molar-refractivity contribution in [1.29, 1.82) is 0 Å². The average Bonchev–Trinajstić information content (AvgIpc) is 3.26. The molecular weight excluding hydrogens is 436 g/mol. The van der Waals surface area contributed by atoms with Crippen LogP contribution in [0.3, 0.4) is 0 Å². The number of fused-ring (bicyclic) bond motifs is 1. The second-order valence-corrected chi connectivity index (χ2v) is 9.75. The number of nitrogens with one attached hydrogen (secondary N) is 1. The molecule has 0 saturated carbocycles. The first kappa shape index (κ1) is 23.1. The van der Waals surface area contributed by atoms with Crippen molar-refractivity contribution >= 4 is 28.3 Å². The Kier molecular flexibility index (Phi) is 6.07. The van der Waals surface area contributed by atoms with Gasteiger partial charge in [0.05, 0.1) is 11.3 Å². The molecule has 2 aromatic carbocycles. The third-order valence-electron chi connectivity index (χ3n) is 7.18. The lowest BCUT2D eigenvalue weighted by Crippen LogP contribution is -2.55. The molecule has 180 valence electrons. The first-order chi connectivity index (χ1) is 16.8. The molecule has 2 aromatic heterocycles. The predicted molar refractivity (Wildman–Crippen MR) is 142 cm³/mol. The number of anilines is 2. The second kappa shape index (κ2) is 9.19. The van der Waals surface area contributed by atoms with Crippen LogP contribution in [0.25, 0.3) is 22.2 Å². The van der Waals surface area contributed by atoms with Crippen molar-refractivity contribution in [2.45, 2.75) is 39.8 Å². The third kappa shape index (κ3) is 4.54. The monoisotopic (exact) mass is 468 g/mol. The Morgan fingerprint density at radius 3 is 2.51 bits per heavy atom. The van der Waals surface area contributed by atoms with Crippen LogP contribution in [0.1, 0.15) is 35.5 Å². The van der Waals surface area contributed by atoms with Crippen molar-refractivity contribution < 1.29 is 9.21 Å². The van der Waals surface area contributed by atoms with E-state index in [1.165, 1.54) is 0 Å². The van der Waals surface area contributed by atoms with Gasteiger partial charge in [0, 0.05) is 53.2 Å². The van der Waals surface area contributed by atoms with E-state index < -0.39 is 0 Å². The van der Waals surface area contributed by atoms with Crippen LogP contribution < -0.4 is 10.2 Å². The fourth-order valence-corrected chi connectivity index (χ4v) is 4.93. The Hall–Kier alpha value is -3.64. The van der Waals surface area contributed by atoms with Gasteiger partial charge in [-0.15, -0.1) is 0 Å². The number of rotatable bonds is 4. The summed E-state index contributed by atoms with van der Waals surface area (Å²) in [5.74, 6) is -0.179. The molecule has 0 aliphatic carbocycles. The van der Waals surface area contributed by atoms with E-state index in [4.69, 9.17) is 4.42 Å². The minimum absolute atomic E-state index is 0.179. The van der Waals surface area contributed by atoms with E-state index in [1.807, 2.05) is 56.3 Å². The Morgan fingerprint density at radius 1 is 1.03 bits per heavy atom. The van der Waals surface area contributed by atoms with Crippen molar-refractivity contribution in [3.8, 4) is 11.3 Å². The van der Waals surface area contributed by atoms with Crippen LogP contribution in [-0.2, 0) is 0 Å². The van der Waals surface area contributed by atoms with Crippen LogP contribution in [0, 0.1) is 13.8 Å². The summed E-state index contributed by atoms with van der Waals surface area (Å²) < 4.78 is 5.73. The molecule has 1 N–H and O–H groups in total. The van der Waals surface area contributed by atoms with E-state index in [9.17, 15) is 4.79 Å². The van der Waals surface area contributed by atoms with Crippen LogP contribution in [-0.4, -0.2) is 48.0 Å². The van der Waals surface area contributed by atoms with Crippen molar-refractivity contribution in [3.05, 3.63) is 77.7 Å². The lowest BCUT2D eigenvalue weighted by molar-refractivity contribution is 0.102. The number of amides is 1. The molecule has 0 spiro atoms. The summed E-state index contributed by atoms with van der Waals surface area (Å²) in [6.07, 6.45) is 1.55. The summed E-state index contributed by atoms with van der Waals surface area (Å²) in [5.41, 5.74) is 7.14. The molecule has 3 heterocycles. The van der Waals surface area contributed by atoms with E-state index in [0.29, 0.717) is 23.2 Å². The number of benzene rings is 2. The zero-order valence-corrected chi connectivity index (χ0v) is 21.0. The Morgan fingerprint density at radius 2 is 1.80 bits per heavy atom. The average molecular weight is 469 g/mol. The van der Waals surface area contributed by atoms with Crippen LogP contribution in [0.15, 0.2) is 65.3 Å². The fourth-order valence-electron chi connectivity index (χ4n) is 4.93. The summed E-state index contributed by atoms with van der Waals surface area (Å²) >= 11 is 0. The Bertz CT molecular complexity index is 1380. The maximum absolute atomic E-state index is 13.2. The van der Waals surface area contributed by atoms with Crippen molar-refractivity contribution in [2.24, 2.45) is 0 Å². The zero-order valence-electron chi connectivity index (χ0n) is 21.0. The molecule has 0 bridgehead atoms. The maximum Gasteiger partial charge on any atom is 0.259 e. The van der Waals surface area contributed by atoms with E-state index in [0.717, 1.165) is 52.4 Å². The Balaban J connectivity index is 1.38. The van der Waals surface area contributed by atoms with E-state index in [1.54, 1.807) is 6.26 Å². The molecule has 0 radical (unpaired) electrons. The molecule has 1 aliphatic rings. The predicted octanol–water partition coefficient (Wildman–Crippen LogP) is 5.89. The van der Waals surface area contributed by atoms with Crippen molar-refractivity contribution in [3.63, 3.8) is 0 Å². The standard InChI is InChI=1S/C29H32N4O2/c1-18-13-22(9-11-24(18)27-8-6-7-19(2)30-27)31-29(34)26-17-35-28-12-10-23(14-25(26)28)33-15-20(3)32(5)21(4)16-33/h6-14,17,20-21H,15-16H2,1-5H3,(H,31,34)/t20-,21+. The number of likely N-dealkylation sites (N-methyl/N-ethyl adjacent to an activating group) is 1. The number of aromatic nitrogens is 1. The van der Waals surface area contributed by atoms with Gasteiger partial charge >= 0.3 is 0 Å². The van der Waals surface area contributed by atoms with Gasteiger partial charge in [0.25, 0.3) is 5.91 Å². The van der Waals surface area contributed by atoms with Gasteiger partial charge in [-0.25, -0.2) is 0 Å². The summed E-state index contributed by atoms with van der Waals surface area (Å²) in [6.45, 7) is 10.4. The van der Waals surface area contributed by atoms with Crippen LogP contribution in [0.5, 0.6) is 0 Å². The van der Waals surface area contributed by atoms with Gasteiger partial charge in [-0.05, 0) is 82.8 Å². The number of carbonyl (C=O) groups is 1. The van der Waals surface area contributed by atoms with E-state index in [-0.39, 0.29) is 5.91 Å². The lowest BCUT2D eigenvalue weighted by atomic mass is 10.0. The van der Waals surface area contributed by atoms with Gasteiger partial charge in [0.1, 0.15) is 11.8 Å². The number of nitrogens with zero attached hydrogens (tertiary/aromatic N) is 3. The highest BCUT2D eigenvalue weighted by Gasteiger charge is 2.27. The molecule has 1 aliphatic heterocycles. The van der Waals surface area contributed by atoms with Crippen LogP contribution in [0.4, 0.5) is 11.4 Å². The molecule has 6 heteroatoms. The Labute approximate surface area is 206 Å². The van der Waals surface area contributed by atoms with Gasteiger partial charge in [-0.1, -0.05) is 12.1 Å². The van der Waals surface area contributed by atoms with Gasteiger partial charge in [0.15, 0.2) is 0 Å². The number of pyridine rings is 1. The molecule has 6 nitrogen and oxygen atoms in total. The summed E-state index contributed by atoms with van der Waals surface area (Å²) in [6, 6.07) is 19.0. The van der Waals surface area contributed by atoms with E-state index in [2.05, 4.69) is 53.1 Å². The molecular formula is C29H32N4O2. The number of hydrogen-bond donors (Lipinski definition) is 1. The molecule has 35 heavy (non-hydrogen) atoms. The topological polar surface area (TPSA) is 61.6 Å². The minimum atomic E-state index is -0.179. The third-order valence-corrected chi connectivity index (χ3v) is 7.18. The molecule has 0 unspecified atom stereocenters. The highest BCUT2D eigenvalue weighted by atomic mass is 16.3. The van der Waals surface area contributed by atoms with Gasteiger partial charge in [0.2, 0.25) is 0 Å². The zero-order chi connectivity index (χ0) is 24.7. The lowest BCUT2D eigenvalue weighted by Gasteiger charge is -2.43. The number of aryl methyl sites for hydroxylation is 2. The number of hydrogen-bond acceptors (Lipinski definition) is 5. The minimum Gasteiger partial charge on any atom is -0.463 e. The molecule has 5 rings (SSSR count). The van der Waals surface area contributed by atoms with Gasteiger partial charge in [-0.3, -0.25) is 14.7 Å². The summed E-state index contributed by atoms with van der Waals surface area (Å²) in [7, 11) is 2.18. The molecule has 1 saturated heterocycles.